The van der Waals surface area contributed by atoms with Gasteiger partial charge in [0.05, 0.1) is 5.70 Å². The number of ether oxygens (including phenoxy) is 1. The van der Waals surface area contributed by atoms with E-state index in [1.807, 2.05) is 13.8 Å². The average molecular weight is 195 g/mol. The smallest absolute Gasteiger partial charge is 0.268 e. The second-order valence-electron chi connectivity index (χ2n) is 4.29. The summed E-state index contributed by atoms with van der Waals surface area (Å²) in [6.45, 7) is 3.80. The van der Waals surface area contributed by atoms with Gasteiger partial charge in [-0.1, -0.05) is 6.42 Å². The first-order valence-corrected chi connectivity index (χ1v) is 5.32. The van der Waals surface area contributed by atoms with Crippen LogP contribution in [0.5, 0.6) is 0 Å². The van der Waals surface area contributed by atoms with Crippen LogP contribution >= 0.6 is 0 Å². The van der Waals surface area contributed by atoms with Gasteiger partial charge in [0.15, 0.2) is 5.60 Å². The minimum Gasteiger partial charge on any atom is -0.480 e. The molecule has 0 aromatic heterocycles. The number of amides is 1. The van der Waals surface area contributed by atoms with Crippen LogP contribution in [0.4, 0.5) is 0 Å². The molecule has 1 fully saturated rings. The highest BCUT2D eigenvalue weighted by Gasteiger charge is 2.44. The normalized spacial score (nSPS) is 26.0. The molecule has 1 N–H and O–H groups in total. The topological polar surface area (TPSA) is 38.3 Å². The summed E-state index contributed by atoms with van der Waals surface area (Å²) in [5.41, 5.74) is 0.313. The number of rotatable bonds is 0. The van der Waals surface area contributed by atoms with Gasteiger partial charge < -0.3 is 10.1 Å². The maximum Gasteiger partial charge on any atom is 0.268 e. The largest absolute Gasteiger partial charge is 0.480 e. The van der Waals surface area contributed by atoms with Crippen LogP contribution in [0.15, 0.2) is 11.5 Å². The third-order valence-electron chi connectivity index (χ3n) is 3.25. The molecule has 2 aliphatic rings. The Labute approximate surface area is 84.5 Å². The van der Waals surface area contributed by atoms with Crippen LogP contribution in [0, 0.1) is 0 Å². The molecule has 3 heteroatoms. The Morgan fingerprint density at radius 2 is 1.86 bits per heavy atom. The molecule has 0 saturated heterocycles. The number of hydrogen-bond donors (Lipinski definition) is 1. The standard InChI is InChI=1S/C11H17NO2/c1-8-9(2)14-11(10(13)12-8)6-4-3-5-7-11/h3-7H2,1-2H3,(H,12,13). The summed E-state index contributed by atoms with van der Waals surface area (Å²) < 4.78 is 5.81. The number of carbonyl (C=O) groups excluding carboxylic acids is 1. The van der Waals surface area contributed by atoms with Gasteiger partial charge in [-0.05, 0) is 39.5 Å². The lowest BCUT2D eigenvalue weighted by molar-refractivity contribution is -0.148. The van der Waals surface area contributed by atoms with E-state index < -0.39 is 5.60 Å². The van der Waals surface area contributed by atoms with Crippen LogP contribution in [0.1, 0.15) is 46.0 Å². The van der Waals surface area contributed by atoms with E-state index in [2.05, 4.69) is 5.32 Å². The fourth-order valence-electron chi connectivity index (χ4n) is 2.24. The molecule has 3 nitrogen and oxygen atoms in total. The van der Waals surface area contributed by atoms with Gasteiger partial charge in [-0.3, -0.25) is 4.79 Å². The van der Waals surface area contributed by atoms with Crippen molar-refractivity contribution in [2.24, 2.45) is 0 Å². The summed E-state index contributed by atoms with van der Waals surface area (Å²) in [6.07, 6.45) is 5.15. The van der Waals surface area contributed by atoms with Gasteiger partial charge in [-0.25, -0.2) is 0 Å². The van der Waals surface area contributed by atoms with Crippen LogP contribution < -0.4 is 5.32 Å². The third kappa shape index (κ3) is 1.41. The van der Waals surface area contributed by atoms with E-state index in [1.54, 1.807) is 0 Å². The predicted octanol–water partition coefficient (Wildman–Crippen LogP) is 2.09. The molecule has 78 valence electrons. The summed E-state index contributed by atoms with van der Waals surface area (Å²) in [5.74, 6) is 0.923. The van der Waals surface area contributed by atoms with Crippen molar-refractivity contribution in [3.8, 4) is 0 Å². The first-order chi connectivity index (χ1) is 6.64. The number of allylic oxidation sites excluding steroid dienone is 2. The van der Waals surface area contributed by atoms with Crippen molar-refractivity contribution >= 4 is 5.91 Å². The fourth-order valence-corrected chi connectivity index (χ4v) is 2.24. The summed E-state index contributed by atoms with van der Waals surface area (Å²) in [4.78, 5) is 11.9. The number of nitrogens with one attached hydrogen (secondary N) is 1. The lowest BCUT2D eigenvalue weighted by Gasteiger charge is -2.39. The van der Waals surface area contributed by atoms with Crippen LogP contribution in [-0.4, -0.2) is 11.5 Å². The van der Waals surface area contributed by atoms with Crippen LogP contribution in [0.2, 0.25) is 0 Å². The van der Waals surface area contributed by atoms with E-state index in [-0.39, 0.29) is 5.91 Å². The highest BCUT2D eigenvalue weighted by molar-refractivity contribution is 5.87. The van der Waals surface area contributed by atoms with E-state index in [0.29, 0.717) is 0 Å². The zero-order chi connectivity index (χ0) is 10.2. The van der Waals surface area contributed by atoms with E-state index in [9.17, 15) is 4.79 Å². The summed E-state index contributed by atoms with van der Waals surface area (Å²) >= 11 is 0. The number of hydrogen-bond acceptors (Lipinski definition) is 2. The molecule has 1 spiro atoms. The maximum atomic E-state index is 11.9. The molecule has 1 heterocycles. The second-order valence-corrected chi connectivity index (χ2v) is 4.29. The quantitative estimate of drug-likeness (QED) is 0.642. The predicted molar refractivity (Wildman–Crippen MR) is 53.4 cm³/mol. The third-order valence-corrected chi connectivity index (χ3v) is 3.25. The van der Waals surface area contributed by atoms with Crippen molar-refractivity contribution in [3.63, 3.8) is 0 Å². The Morgan fingerprint density at radius 3 is 2.50 bits per heavy atom. The molecule has 0 aromatic rings. The van der Waals surface area contributed by atoms with Crippen molar-refractivity contribution < 1.29 is 9.53 Å². The molecular formula is C11H17NO2. The Hall–Kier alpha value is -0.990. The van der Waals surface area contributed by atoms with Crippen molar-refractivity contribution in [1.82, 2.24) is 5.32 Å². The van der Waals surface area contributed by atoms with Gasteiger partial charge in [-0.2, -0.15) is 0 Å². The van der Waals surface area contributed by atoms with Gasteiger partial charge >= 0.3 is 0 Å². The summed E-state index contributed by atoms with van der Waals surface area (Å²) in [7, 11) is 0. The fraction of sp³-hybridized carbons (Fsp3) is 0.727. The SMILES string of the molecule is CC1=C(C)OC2(CCCCC2)C(=O)N1. The molecule has 1 aliphatic heterocycles. The van der Waals surface area contributed by atoms with Crippen molar-refractivity contribution in [3.05, 3.63) is 11.5 Å². The minimum absolute atomic E-state index is 0.0558. The van der Waals surface area contributed by atoms with Crippen LogP contribution in [-0.2, 0) is 9.53 Å². The van der Waals surface area contributed by atoms with E-state index >= 15 is 0 Å². The van der Waals surface area contributed by atoms with Gasteiger partial charge in [0.2, 0.25) is 0 Å². The lowest BCUT2D eigenvalue weighted by atomic mass is 9.83. The molecule has 1 amide bonds. The van der Waals surface area contributed by atoms with E-state index in [4.69, 9.17) is 4.74 Å². The number of carbonyl (C=O) groups is 1. The van der Waals surface area contributed by atoms with Gasteiger partial charge in [0, 0.05) is 0 Å². The zero-order valence-corrected chi connectivity index (χ0v) is 8.85. The highest BCUT2D eigenvalue weighted by Crippen LogP contribution is 2.36. The van der Waals surface area contributed by atoms with Gasteiger partial charge in [0.25, 0.3) is 5.91 Å². The van der Waals surface area contributed by atoms with Gasteiger partial charge in [0.1, 0.15) is 5.76 Å². The average Bonchev–Trinajstić information content (AvgIpc) is 2.17. The molecule has 0 aromatic carbocycles. The Bertz CT molecular complexity index is 288. The van der Waals surface area contributed by atoms with E-state index in [1.165, 1.54) is 6.42 Å². The van der Waals surface area contributed by atoms with Gasteiger partial charge in [-0.15, -0.1) is 0 Å². The Kier molecular flexibility index (Phi) is 2.25. The Balaban J connectivity index is 2.24. The molecule has 14 heavy (non-hydrogen) atoms. The van der Waals surface area contributed by atoms with Crippen LogP contribution in [0.3, 0.4) is 0 Å². The highest BCUT2D eigenvalue weighted by atomic mass is 16.5. The lowest BCUT2D eigenvalue weighted by Crippen LogP contribution is -2.52. The molecule has 0 atom stereocenters. The van der Waals surface area contributed by atoms with Crippen molar-refractivity contribution in [1.29, 1.82) is 0 Å². The summed E-state index contributed by atoms with van der Waals surface area (Å²) in [5, 5.41) is 2.91. The minimum atomic E-state index is -0.540. The second kappa shape index (κ2) is 3.30. The monoisotopic (exact) mass is 195 g/mol. The molecule has 0 bridgehead atoms. The molecule has 0 radical (unpaired) electrons. The Morgan fingerprint density at radius 1 is 1.21 bits per heavy atom. The zero-order valence-electron chi connectivity index (χ0n) is 8.85. The molecular weight excluding hydrogens is 178 g/mol. The molecule has 1 saturated carbocycles. The van der Waals surface area contributed by atoms with Crippen LogP contribution in [0.25, 0.3) is 0 Å². The summed E-state index contributed by atoms with van der Waals surface area (Å²) in [6, 6.07) is 0. The molecule has 0 unspecified atom stereocenters. The van der Waals surface area contributed by atoms with Crippen molar-refractivity contribution in [2.75, 3.05) is 0 Å². The first kappa shape index (κ1) is 9.56. The maximum absolute atomic E-state index is 11.9. The molecule has 2 rings (SSSR count). The van der Waals surface area contributed by atoms with Crippen molar-refractivity contribution in [2.45, 2.75) is 51.6 Å². The van der Waals surface area contributed by atoms with E-state index in [0.717, 1.165) is 37.1 Å². The first-order valence-electron chi connectivity index (χ1n) is 5.32. The molecule has 1 aliphatic carbocycles.